The Bertz CT molecular complexity index is 612. The number of rotatable bonds is 4. The van der Waals surface area contributed by atoms with Crippen molar-refractivity contribution < 1.29 is 14.2 Å². The minimum absolute atomic E-state index is 0.119. The van der Waals surface area contributed by atoms with Crippen molar-refractivity contribution >= 4 is 34.2 Å². The van der Waals surface area contributed by atoms with E-state index in [2.05, 4.69) is 15.0 Å². The topological polar surface area (TPSA) is 98.3 Å². The van der Waals surface area contributed by atoms with E-state index in [1.165, 1.54) is 24.5 Å². The van der Waals surface area contributed by atoms with Crippen LogP contribution in [-0.2, 0) is 6.54 Å². The molecular weight excluding hydrogens is 365 g/mol. The van der Waals surface area contributed by atoms with E-state index in [1.54, 1.807) is 6.07 Å². The maximum atomic E-state index is 11.9. The number of hydrogen-bond donors (Lipinski definition) is 1. The third-order valence-electron chi connectivity index (χ3n) is 2.33. The second-order valence-electron chi connectivity index (χ2n) is 3.59. The van der Waals surface area contributed by atoms with E-state index >= 15 is 0 Å². The summed E-state index contributed by atoms with van der Waals surface area (Å²) in [5, 5.41) is 17.0. The number of carbonyl (C=O) groups excluding carboxylic acids is 1. The highest BCUT2D eigenvalue weighted by Crippen LogP contribution is 2.19. The molecule has 0 unspecified atom stereocenters. The van der Waals surface area contributed by atoms with E-state index in [9.17, 15) is 14.9 Å². The predicted molar refractivity (Wildman–Crippen MR) is 73.5 cm³/mol. The summed E-state index contributed by atoms with van der Waals surface area (Å²) in [4.78, 5) is 22.1. The Balaban J connectivity index is 2.14. The fourth-order valence-electron chi connectivity index (χ4n) is 1.40. The number of hydrogen-bond acceptors (Lipinski definition) is 5. The predicted octanol–water partition coefficient (Wildman–Crippen LogP) is 2.12. The van der Waals surface area contributed by atoms with Crippen LogP contribution in [0.25, 0.3) is 0 Å². The van der Waals surface area contributed by atoms with Crippen LogP contribution in [0.15, 0.2) is 35.1 Å². The lowest BCUT2D eigenvalue weighted by Gasteiger charge is -2.05. The summed E-state index contributed by atoms with van der Waals surface area (Å²) >= 11 is 1.95. The van der Waals surface area contributed by atoms with Crippen molar-refractivity contribution in [3.8, 4) is 0 Å². The monoisotopic (exact) mass is 373 g/mol. The van der Waals surface area contributed by atoms with Crippen molar-refractivity contribution in [2.45, 2.75) is 6.54 Å². The van der Waals surface area contributed by atoms with Crippen LogP contribution in [0, 0.1) is 13.7 Å². The smallest absolute Gasteiger partial charge is 0.270 e. The molecule has 0 aliphatic rings. The molecule has 0 saturated carbocycles. The molecule has 2 rings (SSSR count). The minimum Gasteiger partial charge on any atom is -0.364 e. The third kappa shape index (κ3) is 3.28. The van der Waals surface area contributed by atoms with Gasteiger partial charge < -0.3 is 9.84 Å². The number of nitro benzene ring substituents is 1. The zero-order valence-electron chi connectivity index (χ0n) is 9.50. The van der Waals surface area contributed by atoms with Gasteiger partial charge in [0.05, 0.1) is 17.0 Å². The van der Waals surface area contributed by atoms with Gasteiger partial charge in [-0.1, -0.05) is 5.16 Å². The first-order valence-electron chi connectivity index (χ1n) is 5.19. The lowest BCUT2D eigenvalue weighted by atomic mass is 10.2. The summed E-state index contributed by atoms with van der Waals surface area (Å²) in [7, 11) is 0. The normalized spacial score (nSPS) is 10.2. The largest absolute Gasteiger partial charge is 0.364 e. The van der Waals surface area contributed by atoms with Crippen LogP contribution in [0.1, 0.15) is 16.1 Å². The fourth-order valence-corrected chi connectivity index (χ4v) is 1.98. The summed E-state index contributed by atoms with van der Waals surface area (Å²) in [6, 6.07) is 5.76. The average molecular weight is 373 g/mol. The highest BCUT2D eigenvalue weighted by atomic mass is 127. The van der Waals surface area contributed by atoms with Crippen molar-refractivity contribution in [1.82, 2.24) is 10.5 Å². The Morgan fingerprint density at radius 3 is 2.89 bits per heavy atom. The summed E-state index contributed by atoms with van der Waals surface area (Å²) in [6.07, 6.45) is 1.40. The van der Waals surface area contributed by atoms with Crippen molar-refractivity contribution in [2.24, 2.45) is 0 Å². The van der Waals surface area contributed by atoms with E-state index < -0.39 is 10.8 Å². The summed E-state index contributed by atoms with van der Waals surface area (Å²) in [5.41, 5.74) is 0.721. The van der Waals surface area contributed by atoms with Crippen LogP contribution >= 0.6 is 22.6 Å². The van der Waals surface area contributed by atoms with Crippen molar-refractivity contribution in [3.05, 3.63) is 55.5 Å². The zero-order valence-corrected chi connectivity index (χ0v) is 11.7. The van der Waals surface area contributed by atoms with Crippen LogP contribution in [0.2, 0.25) is 0 Å². The minimum atomic E-state index is -0.537. The van der Waals surface area contributed by atoms with Gasteiger partial charge in [0, 0.05) is 21.8 Å². The number of nitro groups is 1. The summed E-state index contributed by atoms with van der Waals surface area (Å²) < 4.78 is 5.27. The van der Waals surface area contributed by atoms with Gasteiger partial charge in [-0.05, 0) is 28.7 Å². The lowest BCUT2D eigenvalue weighted by molar-refractivity contribution is -0.384. The molecule has 1 heterocycles. The molecular formula is C11H8IN3O4. The molecule has 0 aliphatic heterocycles. The molecule has 7 nitrogen and oxygen atoms in total. The molecule has 98 valence electrons. The molecule has 0 aliphatic carbocycles. The highest BCUT2D eigenvalue weighted by Gasteiger charge is 2.15. The van der Waals surface area contributed by atoms with Crippen LogP contribution < -0.4 is 5.32 Å². The van der Waals surface area contributed by atoms with E-state index in [4.69, 9.17) is 0 Å². The molecule has 0 spiro atoms. The molecule has 0 atom stereocenters. The molecule has 0 saturated heterocycles. The number of non-ortho nitro benzene ring substituents is 1. The molecule has 0 fully saturated rings. The molecule has 19 heavy (non-hydrogen) atoms. The van der Waals surface area contributed by atoms with E-state index in [0.29, 0.717) is 9.26 Å². The van der Waals surface area contributed by atoms with Gasteiger partial charge in [-0.25, -0.2) is 0 Å². The number of nitrogens with one attached hydrogen (secondary N) is 1. The summed E-state index contributed by atoms with van der Waals surface area (Å²) in [6.45, 7) is 0.202. The Hall–Kier alpha value is -1.97. The second kappa shape index (κ2) is 5.78. The molecule has 0 bridgehead atoms. The zero-order chi connectivity index (χ0) is 13.8. The summed E-state index contributed by atoms with van der Waals surface area (Å²) in [5.74, 6) is -0.392. The van der Waals surface area contributed by atoms with Crippen molar-refractivity contribution in [3.63, 3.8) is 0 Å². The van der Waals surface area contributed by atoms with Crippen molar-refractivity contribution in [1.29, 1.82) is 0 Å². The molecule has 2 aromatic rings. The van der Waals surface area contributed by atoms with Crippen LogP contribution in [0.4, 0.5) is 5.69 Å². The van der Waals surface area contributed by atoms with E-state index in [-0.39, 0.29) is 17.8 Å². The van der Waals surface area contributed by atoms with Gasteiger partial charge in [0.25, 0.3) is 11.6 Å². The number of amides is 1. The highest BCUT2D eigenvalue weighted by molar-refractivity contribution is 14.1. The quantitative estimate of drug-likeness (QED) is 0.503. The Kier molecular flexibility index (Phi) is 4.10. The third-order valence-corrected chi connectivity index (χ3v) is 3.27. The van der Waals surface area contributed by atoms with Gasteiger partial charge in [0.2, 0.25) is 0 Å². The Labute approximate surface area is 121 Å². The van der Waals surface area contributed by atoms with E-state index in [0.717, 1.165) is 0 Å². The SMILES string of the molecule is O=C(NCc1ccon1)c1cc([N+](=O)[O-])ccc1I. The molecule has 1 aromatic carbocycles. The Morgan fingerprint density at radius 1 is 1.47 bits per heavy atom. The molecule has 0 radical (unpaired) electrons. The van der Waals surface area contributed by atoms with Gasteiger partial charge in [0.15, 0.2) is 0 Å². The maximum Gasteiger partial charge on any atom is 0.270 e. The van der Waals surface area contributed by atoms with Crippen LogP contribution in [0.5, 0.6) is 0 Å². The molecule has 1 aromatic heterocycles. The maximum absolute atomic E-state index is 11.9. The number of carbonyl (C=O) groups is 1. The van der Waals surface area contributed by atoms with Gasteiger partial charge in [-0.3, -0.25) is 14.9 Å². The second-order valence-corrected chi connectivity index (χ2v) is 4.76. The van der Waals surface area contributed by atoms with E-state index in [1.807, 2.05) is 22.6 Å². The van der Waals surface area contributed by atoms with Gasteiger partial charge >= 0.3 is 0 Å². The molecule has 1 amide bonds. The molecule has 8 heteroatoms. The standard InChI is InChI=1S/C11H8IN3O4/c12-10-2-1-8(15(17)18)5-9(10)11(16)13-6-7-3-4-19-14-7/h1-5H,6H2,(H,13,16). The first-order chi connectivity index (χ1) is 9.08. The van der Waals surface area contributed by atoms with Gasteiger partial charge in [0.1, 0.15) is 12.0 Å². The average Bonchev–Trinajstić information content (AvgIpc) is 2.89. The molecule has 1 N–H and O–H groups in total. The van der Waals surface area contributed by atoms with Crippen LogP contribution in [-0.4, -0.2) is 16.0 Å². The van der Waals surface area contributed by atoms with Crippen molar-refractivity contribution in [2.75, 3.05) is 0 Å². The van der Waals surface area contributed by atoms with Gasteiger partial charge in [-0.15, -0.1) is 0 Å². The van der Waals surface area contributed by atoms with Crippen LogP contribution in [0.3, 0.4) is 0 Å². The number of halogens is 1. The number of aromatic nitrogens is 1. The van der Waals surface area contributed by atoms with Gasteiger partial charge in [-0.2, -0.15) is 0 Å². The first kappa shape index (κ1) is 13.5. The fraction of sp³-hybridized carbons (Fsp3) is 0.0909. The number of nitrogens with zero attached hydrogens (tertiary/aromatic N) is 2. The lowest BCUT2D eigenvalue weighted by Crippen LogP contribution is -2.23. The first-order valence-corrected chi connectivity index (χ1v) is 6.27. The number of benzene rings is 1. The Morgan fingerprint density at radius 2 is 2.26 bits per heavy atom.